The number of aromatic nitrogens is 4. The van der Waals surface area contributed by atoms with E-state index < -0.39 is 0 Å². The third-order valence-corrected chi connectivity index (χ3v) is 5.20. The molecule has 0 spiro atoms. The van der Waals surface area contributed by atoms with Crippen LogP contribution in [0.25, 0.3) is 16.8 Å². The molecular formula is C20H22N6O3. The van der Waals surface area contributed by atoms with E-state index in [-0.39, 0.29) is 18.1 Å². The van der Waals surface area contributed by atoms with Gasteiger partial charge in [-0.2, -0.15) is 5.10 Å². The predicted octanol–water partition coefficient (Wildman–Crippen LogP) is 1.28. The number of pyridine rings is 1. The van der Waals surface area contributed by atoms with E-state index >= 15 is 0 Å². The van der Waals surface area contributed by atoms with Crippen molar-refractivity contribution in [1.29, 1.82) is 0 Å². The molecule has 9 heteroatoms. The minimum absolute atomic E-state index is 0.255. The second-order valence-electron chi connectivity index (χ2n) is 7.26. The zero-order valence-electron chi connectivity index (χ0n) is 16.1. The first-order chi connectivity index (χ1) is 14.2. The Hall–Kier alpha value is -3.20. The lowest BCUT2D eigenvalue weighted by atomic mass is 10.1. The van der Waals surface area contributed by atoms with Crippen molar-refractivity contribution < 1.29 is 14.3 Å². The largest absolute Gasteiger partial charge is 0.474 e. The smallest absolute Gasteiger partial charge is 0.324 e. The van der Waals surface area contributed by atoms with Crippen LogP contribution in [0.3, 0.4) is 0 Å². The number of hydrogen-bond acceptors (Lipinski definition) is 8. The molecule has 150 valence electrons. The maximum atomic E-state index is 11.9. The molecule has 9 nitrogen and oxygen atoms in total. The number of carbonyl (C=O) groups is 1. The molecular weight excluding hydrogens is 372 g/mol. The van der Waals surface area contributed by atoms with Gasteiger partial charge in [-0.05, 0) is 31.0 Å². The van der Waals surface area contributed by atoms with Crippen LogP contribution in [-0.2, 0) is 9.53 Å². The van der Waals surface area contributed by atoms with Crippen LogP contribution in [0.15, 0.2) is 36.8 Å². The van der Waals surface area contributed by atoms with Crippen LogP contribution in [0.1, 0.15) is 12.8 Å². The lowest BCUT2D eigenvalue weighted by Gasteiger charge is -2.33. The number of fused-ring (bicyclic) bond motifs is 1. The highest BCUT2D eigenvalue weighted by Gasteiger charge is 2.28. The first-order valence-corrected chi connectivity index (χ1v) is 9.75. The van der Waals surface area contributed by atoms with Crippen LogP contribution < -0.4 is 15.0 Å². The van der Waals surface area contributed by atoms with Gasteiger partial charge in [0.15, 0.2) is 5.65 Å². The zero-order chi connectivity index (χ0) is 19.8. The molecule has 1 aliphatic carbocycles. The molecule has 3 aromatic heterocycles. The van der Waals surface area contributed by atoms with E-state index in [1.54, 1.807) is 16.9 Å². The van der Waals surface area contributed by atoms with Crippen LogP contribution in [0.2, 0.25) is 0 Å². The molecule has 0 unspecified atom stereocenters. The van der Waals surface area contributed by atoms with Gasteiger partial charge in [0.25, 0.3) is 0 Å². The van der Waals surface area contributed by atoms with Crippen molar-refractivity contribution in [2.75, 3.05) is 31.6 Å². The van der Waals surface area contributed by atoms with Crippen molar-refractivity contribution in [3.63, 3.8) is 0 Å². The van der Waals surface area contributed by atoms with Gasteiger partial charge >= 0.3 is 5.97 Å². The standard InChI is InChI=1S/C20H22N6O3/c1-28-20(27)16-12-25(10-8-21-16)17-6-9-26-18(24-17)15(11-23-26)14-3-2-7-22-19(14)29-13-4-5-13/h2-3,6-7,9,11,13,16,21H,4-5,8,10,12H2,1H3/t16-/m0/s1. The highest BCUT2D eigenvalue weighted by Crippen LogP contribution is 2.34. The number of methoxy groups -OCH3 is 1. The van der Waals surface area contributed by atoms with Gasteiger partial charge in [-0.15, -0.1) is 0 Å². The zero-order valence-corrected chi connectivity index (χ0v) is 16.1. The van der Waals surface area contributed by atoms with E-state index in [0.717, 1.165) is 42.0 Å². The van der Waals surface area contributed by atoms with Gasteiger partial charge in [0.1, 0.15) is 18.0 Å². The van der Waals surface area contributed by atoms with Gasteiger partial charge in [-0.1, -0.05) is 0 Å². The number of nitrogens with one attached hydrogen (secondary N) is 1. The van der Waals surface area contributed by atoms with Gasteiger partial charge in [-0.3, -0.25) is 4.79 Å². The second-order valence-corrected chi connectivity index (χ2v) is 7.26. The Morgan fingerprint density at radius 1 is 1.28 bits per heavy atom. The van der Waals surface area contributed by atoms with E-state index in [9.17, 15) is 4.79 Å². The summed E-state index contributed by atoms with van der Waals surface area (Å²) in [6, 6.07) is 5.41. The Morgan fingerprint density at radius 3 is 3.00 bits per heavy atom. The molecule has 0 amide bonds. The fraction of sp³-hybridized carbons (Fsp3) is 0.400. The van der Waals surface area contributed by atoms with Crippen molar-refractivity contribution >= 4 is 17.4 Å². The summed E-state index contributed by atoms with van der Waals surface area (Å²) in [5.74, 6) is 1.14. The molecule has 29 heavy (non-hydrogen) atoms. The van der Waals surface area contributed by atoms with Gasteiger partial charge in [0, 0.05) is 37.6 Å². The molecule has 1 saturated heterocycles. The molecule has 2 fully saturated rings. The Labute approximate surface area is 167 Å². The summed E-state index contributed by atoms with van der Waals surface area (Å²) in [5, 5.41) is 7.62. The summed E-state index contributed by atoms with van der Waals surface area (Å²) in [6.45, 7) is 1.94. The first kappa shape index (κ1) is 17.9. The van der Waals surface area contributed by atoms with E-state index in [2.05, 4.69) is 20.3 Å². The lowest BCUT2D eigenvalue weighted by Crippen LogP contribution is -2.54. The Balaban J connectivity index is 1.49. The average molecular weight is 394 g/mol. The van der Waals surface area contributed by atoms with Gasteiger partial charge in [-0.25, -0.2) is 14.5 Å². The molecule has 1 saturated carbocycles. The van der Waals surface area contributed by atoms with Crippen molar-refractivity contribution in [3.8, 4) is 17.0 Å². The summed E-state index contributed by atoms with van der Waals surface area (Å²) >= 11 is 0. The SMILES string of the molecule is COC(=O)[C@@H]1CN(c2ccn3ncc(-c4cccnc4OC4CC4)c3n2)CCN1. The number of rotatable bonds is 5. The van der Waals surface area contributed by atoms with Gasteiger partial charge in [0.05, 0.1) is 18.9 Å². The number of carbonyl (C=O) groups excluding carboxylic acids is 1. The minimum atomic E-state index is -0.368. The average Bonchev–Trinajstić information content (AvgIpc) is 3.49. The summed E-state index contributed by atoms with van der Waals surface area (Å²) < 4.78 is 12.6. The van der Waals surface area contributed by atoms with Gasteiger partial charge in [0.2, 0.25) is 5.88 Å². The predicted molar refractivity (Wildman–Crippen MR) is 106 cm³/mol. The fourth-order valence-electron chi connectivity index (χ4n) is 3.52. The Bertz CT molecular complexity index is 1050. The maximum absolute atomic E-state index is 11.9. The molecule has 1 atom stereocenters. The van der Waals surface area contributed by atoms with Crippen molar-refractivity contribution in [2.45, 2.75) is 25.0 Å². The van der Waals surface area contributed by atoms with Crippen LogP contribution >= 0.6 is 0 Å². The summed E-state index contributed by atoms with van der Waals surface area (Å²) in [6.07, 6.45) is 7.80. The molecule has 1 aliphatic heterocycles. The topological polar surface area (TPSA) is 93.9 Å². The maximum Gasteiger partial charge on any atom is 0.324 e. The molecule has 2 aliphatic rings. The van der Waals surface area contributed by atoms with E-state index in [0.29, 0.717) is 19.0 Å². The summed E-state index contributed by atoms with van der Waals surface area (Å²) in [7, 11) is 1.40. The normalized spacial score (nSPS) is 19.3. The molecule has 1 N–H and O–H groups in total. The minimum Gasteiger partial charge on any atom is -0.474 e. The fourth-order valence-corrected chi connectivity index (χ4v) is 3.52. The van der Waals surface area contributed by atoms with Crippen LogP contribution in [-0.4, -0.2) is 64.4 Å². The van der Waals surface area contributed by atoms with Gasteiger partial charge < -0.3 is 19.7 Å². The van der Waals surface area contributed by atoms with Crippen LogP contribution in [0.4, 0.5) is 5.82 Å². The highest BCUT2D eigenvalue weighted by atomic mass is 16.5. The lowest BCUT2D eigenvalue weighted by molar-refractivity contribution is -0.143. The van der Waals surface area contributed by atoms with E-state index in [1.165, 1.54) is 7.11 Å². The van der Waals surface area contributed by atoms with Crippen molar-refractivity contribution in [1.82, 2.24) is 24.9 Å². The number of ether oxygens (including phenoxy) is 2. The molecule has 4 heterocycles. The molecule has 3 aromatic rings. The highest BCUT2D eigenvalue weighted by molar-refractivity contribution is 5.81. The van der Waals surface area contributed by atoms with Crippen LogP contribution in [0, 0.1) is 0 Å². The number of piperazine rings is 1. The number of anilines is 1. The van der Waals surface area contributed by atoms with Crippen LogP contribution in [0.5, 0.6) is 5.88 Å². The Kier molecular flexibility index (Phi) is 4.51. The van der Waals surface area contributed by atoms with Crippen molar-refractivity contribution in [2.24, 2.45) is 0 Å². The molecule has 0 bridgehead atoms. The third-order valence-electron chi connectivity index (χ3n) is 5.20. The monoisotopic (exact) mass is 394 g/mol. The number of nitrogens with zero attached hydrogens (tertiary/aromatic N) is 5. The summed E-state index contributed by atoms with van der Waals surface area (Å²) in [4.78, 5) is 23.3. The second kappa shape index (κ2) is 7.32. The van der Waals surface area contributed by atoms with E-state index in [4.69, 9.17) is 14.5 Å². The molecule has 0 aromatic carbocycles. The third kappa shape index (κ3) is 3.49. The Morgan fingerprint density at radius 2 is 2.17 bits per heavy atom. The molecule has 5 rings (SSSR count). The quantitative estimate of drug-likeness (QED) is 0.647. The number of esters is 1. The summed E-state index contributed by atoms with van der Waals surface area (Å²) in [5.41, 5.74) is 2.48. The molecule has 0 radical (unpaired) electrons. The van der Waals surface area contributed by atoms with Crippen molar-refractivity contribution in [3.05, 3.63) is 36.8 Å². The number of hydrogen-bond donors (Lipinski definition) is 1. The van der Waals surface area contributed by atoms with E-state index in [1.807, 2.05) is 24.4 Å². The first-order valence-electron chi connectivity index (χ1n) is 9.75.